The van der Waals surface area contributed by atoms with Crippen LogP contribution in [0.2, 0.25) is 0 Å². The van der Waals surface area contributed by atoms with Gasteiger partial charge in [0.2, 0.25) is 0 Å². The van der Waals surface area contributed by atoms with Gasteiger partial charge < -0.3 is 15.2 Å². The molecule has 0 aliphatic carbocycles. The highest BCUT2D eigenvalue weighted by Gasteiger charge is 2.55. The standard InChI is InChI=1S/C18H19F4N5O5/c1-8-5-9(6-23-12(8)18(20,21)22)14(29)25-11-3-4-27(16(30)26-11)15-17(2,19)13(28)10(32-15)7-24-31/h3-6,8,10,12-13,15,28H,7H2,1-2H3,(H,25,26,29,30)/t8?,10?,12?,13?,15?,17-/m0/s1. The summed E-state index contributed by atoms with van der Waals surface area (Å²) in [5, 5.41) is 14.8. The number of nitroso groups, excluding NO2 is 1. The van der Waals surface area contributed by atoms with E-state index in [0.717, 1.165) is 36.0 Å². The summed E-state index contributed by atoms with van der Waals surface area (Å²) in [7, 11) is 0. The quantitative estimate of drug-likeness (QED) is 0.504. The van der Waals surface area contributed by atoms with E-state index >= 15 is 0 Å². The van der Waals surface area contributed by atoms with Crippen LogP contribution in [0.1, 0.15) is 20.1 Å². The molecule has 0 saturated carbocycles. The van der Waals surface area contributed by atoms with Gasteiger partial charge in [0, 0.05) is 18.3 Å². The molecular formula is C18H19F4N5O5. The SMILES string of the molecule is CC1C=C(C(=O)Nc2ccn(C3OC(CN=O)C(O)[C@]3(C)F)c(=O)n2)C=NC1C(F)(F)F. The van der Waals surface area contributed by atoms with E-state index in [0.29, 0.717) is 0 Å². The highest BCUT2D eigenvalue weighted by atomic mass is 19.4. The van der Waals surface area contributed by atoms with Gasteiger partial charge in [-0.05, 0) is 13.0 Å². The van der Waals surface area contributed by atoms with Gasteiger partial charge in [-0.1, -0.05) is 18.2 Å². The Morgan fingerprint density at radius 1 is 1.44 bits per heavy atom. The molecule has 1 aromatic heterocycles. The zero-order valence-corrected chi connectivity index (χ0v) is 16.8. The van der Waals surface area contributed by atoms with Crippen LogP contribution in [0.5, 0.6) is 0 Å². The molecule has 1 amide bonds. The van der Waals surface area contributed by atoms with Crippen LogP contribution in [-0.2, 0) is 9.53 Å². The fourth-order valence-corrected chi connectivity index (χ4v) is 3.52. The van der Waals surface area contributed by atoms with Crippen LogP contribution in [-0.4, -0.2) is 63.4 Å². The highest BCUT2D eigenvalue weighted by Crippen LogP contribution is 2.40. The molecule has 174 valence electrons. The van der Waals surface area contributed by atoms with Crippen molar-refractivity contribution in [2.24, 2.45) is 16.1 Å². The van der Waals surface area contributed by atoms with Crippen LogP contribution in [0.4, 0.5) is 23.4 Å². The number of nitrogens with one attached hydrogen (secondary N) is 1. The summed E-state index contributed by atoms with van der Waals surface area (Å²) in [5.74, 6) is -2.17. The summed E-state index contributed by atoms with van der Waals surface area (Å²) in [4.78, 5) is 42.1. The molecule has 1 fully saturated rings. The van der Waals surface area contributed by atoms with Gasteiger partial charge >= 0.3 is 11.9 Å². The van der Waals surface area contributed by atoms with Crippen molar-refractivity contribution >= 4 is 17.9 Å². The summed E-state index contributed by atoms with van der Waals surface area (Å²) in [6.07, 6.45) is -6.20. The molecule has 5 unspecified atom stereocenters. The van der Waals surface area contributed by atoms with E-state index in [9.17, 15) is 37.2 Å². The summed E-state index contributed by atoms with van der Waals surface area (Å²) in [6.45, 7) is 1.72. The van der Waals surface area contributed by atoms with Crippen LogP contribution in [0, 0.1) is 10.8 Å². The van der Waals surface area contributed by atoms with Crippen LogP contribution in [0.15, 0.2) is 38.9 Å². The molecule has 0 radical (unpaired) electrons. The predicted molar refractivity (Wildman–Crippen MR) is 103 cm³/mol. The van der Waals surface area contributed by atoms with E-state index in [-0.39, 0.29) is 11.4 Å². The Labute approximate surface area is 178 Å². The van der Waals surface area contributed by atoms with Crippen molar-refractivity contribution in [3.63, 3.8) is 0 Å². The molecule has 0 aromatic carbocycles. The van der Waals surface area contributed by atoms with Crippen molar-refractivity contribution < 1.29 is 32.2 Å². The number of nitrogens with zero attached hydrogens (tertiary/aromatic N) is 4. The Hall–Kier alpha value is -3.00. The summed E-state index contributed by atoms with van der Waals surface area (Å²) in [6, 6.07) is -0.824. The topological polar surface area (TPSA) is 135 Å². The molecule has 3 rings (SSSR count). The minimum absolute atomic E-state index is 0.147. The first kappa shape index (κ1) is 23.7. The van der Waals surface area contributed by atoms with Gasteiger partial charge in [-0.2, -0.15) is 23.1 Å². The average Bonchev–Trinajstić information content (AvgIpc) is 2.91. The first-order valence-corrected chi connectivity index (χ1v) is 9.40. The number of amides is 1. The van der Waals surface area contributed by atoms with E-state index in [1.807, 2.05) is 0 Å². The van der Waals surface area contributed by atoms with Crippen molar-refractivity contribution in [1.29, 1.82) is 0 Å². The van der Waals surface area contributed by atoms with E-state index in [2.05, 4.69) is 20.5 Å². The molecule has 6 atom stereocenters. The van der Waals surface area contributed by atoms with Gasteiger partial charge in [-0.3, -0.25) is 14.4 Å². The van der Waals surface area contributed by atoms with Crippen molar-refractivity contribution in [3.05, 3.63) is 39.3 Å². The molecule has 2 aliphatic heterocycles. The monoisotopic (exact) mass is 461 g/mol. The first-order chi connectivity index (χ1) is 14.9. The Kier molecular flexibility index (Phi) is 6.29. The lowest BCUT2D eigenvalue weighted by Gasteiger charge is -2.25. The zero-order valence-electron chi connectivity index (χ0n) is 16.8. The number of dihydropyridines is 1. The number of hydrogen-bond acceptors (Lipinski definition) is 8. The number of alkyl halides is 4. The lowest BCUT2D eigenvalue weighted by Crippen LogP contribution is -2.42. The number of ether oxygens (including phenoxy) is 1. The Bertz CT molecular complexity index is 1020. The molecule has 10 nitrogen and oxygen atoms in total. The van der Waals surface area contributed by atoms with Gasteiger partial charge in [-0.15, -0.1) is 0 Å². The fourth-order valence-electron chi connectivity index (χ4n) is 3.52. The lowest BCUT2D eigenvalue weighted by atomic mass is 9.96. The highest BCUT2D eigenvalue weighted by molar-refractivity contribution is 6.17. The third-order valence-electron chi connectivity index (χ3n) is 5.21. The second-order valence-corrected chi connectivity index (χ2v) is 7.64. The molecule has 3 heterocycles. The van der Waals surface area contributed by atoms with Crippen LogP contribution in [0.3, 0.4) is 0 Å². The second-order valence-electron chi connectivity index (χ2n) is 7.64. The largest absolute Gasteiger partial charge is 0.411 e. The molecule has 0 spiro atoms. The Morgan fingerprint density at radius 2 is 2.12 bits per heavy atom. The molecular weight excluding hydrogens is 442 g/mol. The zero-order chi connectivity index (χ0) is 23.8. The molecule has 2 aliphatic rings. The maximum absolute atomic E-state index is 14.9. The molecule has 32 heavy (non-hydrogen) atoms. The van der Waals surface area contributed by atoms with E-state index in [1.165, 1.54) is 6.92 Å². The molecule has 1 saturated heterocycles. The number of aliphatic hydroxyl groups excluding tert-OH is 1. The van der Waals surface area contributed by atoms with E-state index in [1.54, 1.807) is 0 Å². The fraction of sp³-hybridized carbons (Fsp3) is 0.556. The van der Waals surface area contributed by atoms with Gasteiger partial charge in [0.15, 0.2) is 17.9 Å². The number of carbonyl (C=O) groups is 1. The average molecular weight is 461 g/mol. The van der Waals surface area contributed by atoms with E-state index < -0.39 is 60.4 Å². The van der Waals surface area contributed by atoms with Gasteiger partial charge in [0.05, 0.1) is 5.57 Å². The van der Waals surface area contributed by atoms with Crippen molar-refractivity contribution in [2.45, 2.75) is 50.2 Å². The van der Waals surface area contributed by atoms with E-state index in [4.69, 9.17) is 4.74 Å². The van der Waals surface area contributed by atoms with Crippen molar-refractivity contribution in [3.8, 4) is 0 Å². The van der Waals surface area contributed by atoms with Crippen molar-refractivity contribution in [1.82, 2.24) is 9.55 Å². The predicted octanol–water partition coefficient (Wildman–Crippen LogP) is 1.51. The molecule has 1 aromatic rings. The number of halogens is 4. The van der Waals surface area contributed by atoms with Crippen LogP contribution >= 0.6 is 0 Å². The second kappa shape index (κ2) is 8.50. The molecule has 0 bridgehead atoms. The summed E-state index contributed by atoms with van der Waals surface area (Å²) >= 11 is 0. The maximum Gasteiger partial charge on any atom is 0.411 e. The van der Waals surface area contributed by atoms with Crippen molar-refractivity contribution in [2.75, 3.05) is 11.9 Å². The number of hydrogen-bond donors (Lipinski definition) is 2. The van der Waals surface area contributed by atoms with Gasteiger partial charge in [0.25, 0.3) is 5.91 Å². The van der Waals surface area contributed by atoms with Crippen LogP contribution < -0.4 is 11.0 Å². The number of carbonyl (C=O) groups excluding carboxylic acids is 1. The molecule has 14 heteroatoms. The lowest BCUT2D eigenvalue weighted by molar-refractivity contribution is -0.153. The van der Waals surface area contributed by atoms with Crippen LogP contribution in [0.25, 0.3) is 0 Å². The maximum atomic E-state index is 14.9. The minimum Gasteiger partial charge on any atom is -0.387 e. The molecule has 2 N–H and O–H groups in total. The normalized spacial score (nSPS) is 32.5. The van der Waals surface area contributed by atoms with Gasteiger partial charge in [0.1, 0.15) is 24.6 Å². The summed E-state index contributed by atoms with van der Waals surface area (Å²) < 4.78 is 59.5. The number of aromatic nitrogens is 2. The number of aliphatic imine (C=N–C) groups is 1. The summed E-state index contributed by atoms with van der Waals surface area (Å²) in [5.41, 5.74) is -3.63. The third-order valence-corrected chi connectivity index (χ3v) is 5.21. The first-order valence-electron chi connectivity index (χ1n) is 9.40. The minimum atomic E-state index is -4.55. The number of rotatable bonds is 5. The Balaban J connectivity index is 1.75. The third kappa shape index (κ3) is 4.46. The van der Waals surface area contributed by atoms with Gasteiger partial charge in [-0.25, -0.2) is 9.18 Å². The Morgan fingerprint density at radius 3 is 2.69 bits per heavy atom. The smallest absolute Gasteiger partial charge is 0.387 e. The number of anilines is 1. The number of aliphatic hydroxyl groups is 1.